The zero-order chi connectivity index (χ0) is 33.1. The third-order valence-corrected chi connectivity index (χ3v) is 9.86. The van der Waals surface area contributed by atoms with Crippen LogP contribution in [0.2, 0.25) is 5.02 Å². The molecule has 244 valence electrons. The van der Waals surface area contributed by atoms with Gasteiger partial charge >= 0.3 is 0 Å². The summed E-state index contributed by atoms with van der Waals surface area (Å²) in [5, 5.41) is 3.87. The molecule has 4 aromatic rings. The smallest absolute Gasteiger partial charge is 0.287 e. The molecule has 3 heterocycles. The highest BCUT2D eigenvalue weighted by molar-refractivity contribution is 6.30. The zero-order valence-corrected chi connectivity index (χ0v) is 27.6. The van der Waals surface area contributed by atoms with Crippen molar-refractivity contribution in [2.45, 2.75) is 70.9 Å². The quantitative estimate of drug-likeness (QED) is 0.240. The Bertz CT molecular complexity index is 1860. The van der Waals surface area contributed by atoms with Crippen molar-refractivity contribution in [1.82, 2.24) is 15.1 Å². The van der Waals surface area contributed by atoms with Crippen LogP contribution < -0.4 is 10.7 Å². The van der Waals surface area contributed by atoms with Gasteiger partial charge in [-0.2, -0.15) is 0 Å². The average molecular weight is 654 g/mol. The monoisotopic (exact) mass is 653 g/mol. The number of fused-ring (bicyclic) bond motifs is 1. The maximum atomic E-state index is 14.1. The lowest BCUT2D eigenvalue weighted by molar-refractivity contribution is -0.135. The summed E-state index contributed by atoms with van der Waals surface area (Å²) in [7, 11) is 0. The molecule has 0 saturated carbocycles. The number of benzene rings is 3. The van der Waals surface area contributed by atoms with Gasteiger partial charge < -0.3 is 19.5 Å². The number of nitrogens with zero attached hydrogens (tertiary/aromatic N) is 2. The Hall–Kier alpha value is -4.43. The number of hydrogen-bond donors (Lipinski definition) is 1. The van der Waals surface area contributed by atoms with Gasteiger partial charge in [-0.05, 0) is 97.5 Å². The summed E-state index contributed by atoms with van der Waals surface area (Å²) in [6.07, 6.45) is 4.41. The lowest BCUT2D eigenvalue weighted by atomic mass is 9.86. The van der Waals surface area contributed by atoms with E-state index in [0.717, 1.165) is 48.9 Å². The molecule has 8 nitrogen and oxygen atoms in total. The molecule has 3 aromatic carbocycles. The SMILES string of the molecule is Cc1cc2oc(C(=O)N[C@@H](Cc3ccc(Cl)cc3)C(=O)N3CCC(c4ccccc4CN4CCCCC4=O)CC3)cc(=O)c2cc1C. The predicted octanol–water partition coefficient (Wildman–Crippen LogP) is 6.32. The third-order valence-electron chi connectivity index (χ3n) is 9.61. The Morgan fingerprint density at radius 1 is 0.936 bits per heavy atom. The molecule has 2 fully saturated rings. The van der Waals surface area contributed by atoms with Crippen molar-refractivity contribution in [3.8, 4) is 0 Å². The first-order valence-corrected chi connectivity index (χ1v) is 16.8. The largest absolute Gasteiger partial charge is 0.451 e. The molecule has 2 aliphatic rings. The van der Waals surface area contributed by atoms with Crippen LogP contribution in [0.3, 0.4) is 0 Å². The summed E-state index contributed by atoms with van der Waals surface area (Å²) < 4.78 is 5.89. The first-order chi connectivity index (χ1) is 22.7. The van der Waals surface area contributed by atoms with Crippen LogP contribution in [0.25, 0.3) is 11.0 Å². The van der Waals surface area contributed by atoms with E-state index in [1.165, 1.54) is 17.2 Å². The number of hydrogen-bond acceptors (Lipinski definition) is 5. The van der Waals surface area contributed by atoms with E-state index in [2.05, 4.69) is 17.4 Å². The normalized spacial score (nSPS) is 16.4. The highest BCUT2D eigenvalue weighted by Crippen LogP contribution is 2.32. The molecule has 2 saturated heterocycles. The van der Waals surface area contributed by atoms with Crippen molar-refractivity contribution in [2.75, 3.05) is 19.6 Å². The predicted molar refractivity (Wildman–Crippen MR) is 183 cm³/mol. The summed E-state index contributed by atoms with van der Waals surface area (Å²) in [5.41, 5.74) is 5.17. The minimum atomic E-state index is -0.877. The second kappa shape index (κ2) is 14.1. The van der Waals surface area contributed by atoms with E-state index in [1.807, 2.05) is 47.9 Å². The van der Waals surface area contributed by atoms with Gasteiger partial charge in [-0.25, -0.2) is 0 Å². The van der Waals surface area contributed by atoms with Gasteiger partial charge in [0.05, 0.1) is 5.39 Å². The summed E-state index contributed by atoms with van der Waals surface area (Å²) in [4.78, 5) is 56.8. The molecule has 0 radical (unpaired) electrons. The van der Waals surface area contributed by atoms with Gasteiger partial charge in [-0.3, -0.25) is 19.2 Å². The minimum absolute atomic E-state index is 0.137. The van der Waals surface area contributed by atoms with Gasteiger partial charge in [0.2, 0.25) is 11.8 Å². The number of piperidine rings is 2. The van der Waals surface area contributed by atoms with Crippen molar-refractivity contribution in [3.63, 3.8) is 0 Å². The number of nitrogens with one attached hydrogen (secondary N) is 1. The van der Waals surface area contributed by atoms with Crippen molar-refractivity contribution in [1.29, 1.82) is 0 Å². The van der Waals surface area contributed by atoms with Gasteiger partial charge in [0.15, 0.2) is 11.2 Å². The lowest BCUT2D eigenvalue weighted by Gasteiger charge is -2.36. The molecule has 1 atom stereocenters. The summed E-state index contributed by atoms with van der Waals surface area (Å²) in [5.74, 6) is -0.465. The van der Waals surface area contributed by atoms with Gasteiger partial charge in [0.25, 0.3) is 5.91 Å². The van der Waals surface area contributed by atoms with E-state index in [4.69, 9.17) is 16.0 Å². The molecule has 1 aromatic heterocycles. The van der Waals surface area contributed by atoms with E-state index in [0.29, 0.717) is 42.0 Å². The van der Waals surface area contributed by atoms with Crippen LogP contribution in [-0.4, -0.2) is 53.2 Å². The Kier molecular flexibility index (Phi) is 9.78. The van der Waals surface area contributed by atoms with E-state index < -0.39 is 11.9 Å². The maximum absolute atomic E-state index is 14.1. The van der Waals surface area contributed by atoms with Crippen LogP contribution >= 0.6 is 11.6 Å². The minimum Gasteiger partial charge on any atom is -0.451 e. The van der Waals surface area contributed by atoms with Crippen LogP contribution in [0.15, 0.2) is 75.9 Å². The van der Waals surface area contributed by atoms with Crippen LogP contribution in [-0.2, 0) is 22.6 Å². The first kappa shape index (κ1) is 32.5. The molecule has 9 heteroatoms. The number of aryl methyl sites for hydroxylation is 2. The second-order valence-corrected chi connectivity index (χ2v) is 13.3. The fourth-order valence-corrected chi connectivity index (χ4v) is 6.88. The van der Waals surface area contributed by atoms with E-state index >= 15 is 0 Å². The molecule has 1 N–H and O–H groups in total. The van der Waals surface area contributed by atoms with Gasteiger partial charge in [-0.15, -0.1) is 0 Å². The molecular weight excluding hydrogens is 614 g/mol. The second-order valence-electron chi connectivity index (χ2n) is 12.8. The average Bonchev–Trinajstić information content (AvgIpc) is 3.07. The number of carbonyl (C=O) groups excluding carboxylic acids is 3. The van der Waals surface area contributed by atoms with Crippen LogP contribution in [0.4, 0.5) is 0 Å². The number of rotatable bonds is 8. The summed E-state index contributed by atoms with van der Waals surface area (Å²) in [6, 6.07) is 19.4. The van der Waals surface area contributed by atoms with Gasteiger partial charge in [0, 0.05) is 50.1 Å². The molecule has 47 heavy (non-hydrogen) atoms. The molecule has 6 rings (SSSR count). The van der Waals surface area contributed by atoms with Crippen LogP contribution in [0.1, 0.15) is 76.4 Å². The zero-order valence-electron chi connectivity index (χ0n) is 26.9. The number of amides is 3. The number of halogens is 1. The lowest BCUT2D eigenvalue weighted by Crippen LogP contribution is -2.51. The van der Waals surface area contributed by atoms with Crippen molar-refractivity contribution < 1.29 is 18.8 Å². The molecule has 2 aliphatic heterocycles. The molecular formula is C38H40ClN3O5. The van der Waals surface area contributed by atoms with Gasteiger partial charge in [-0.1, -0.05) is 48.0 Å². The molecule has 0 unspecified atom stereocenters. The van der Waals surface area contributed by atoms with Crippen molar-refractivity contribution >= 4 is 40.3 Å². The maximum Gasteiger partial charge on any atom is 0.287 e. The van der Waals surface area contributed by atoms with E-state index in [1.54, 1.807) is 24.3 Å². The fraction of sp³-hybridized carbons (Fsp3) is 0.368. The highest BCUT2D eigenvalue weighted by atomic mass is 35.5. The van der Waals surface area contributed by atoms with Crippen molar-refractivity contribution in [2.24, 2.45) is 0 Å². The highest BCUT2D eigenvalue weighted by Gasteiger charge is 2.32. The Morgan fingerprint density at radius 2 is 1.66 bits per heavy atom. The summed E-state index contributed by atoms with van der Waals surface area (Å²) >= 11 is 6.11. The van der Waals surface area contributed by atoms with Gasteiger partial charge in [0.1, 0.15) is 11.6 Å². The molecule has 0 aliphatic carbocycles. The Labute approximate surface area is 279 Å². The number of likely N-dealkylation sites (tertiary alicyclic amines) is 2. The number of carbonyl (C=O) groups is 3. The van der Waals surface area contributed by atoms with Crippen molar-refractivity contribution in [3.05, 3.63) is 116 Å². The van der Waals surface area contributed by atoms with Crippen LogP contribution in [0, 0.1) is 13.8 Å². The summed E-state index contributed by atoms with van der Waals surface area (Å²) in [6.45, 7) is 6.32. The third kappa shape index (κ3) is 7.43. The van der Waals surface area contributed by atoms with Crippen LogP contribution in [0.5, 0.6) is 0 Å². The first-order valence-electron chi connectivity index (χ1n) is 16.4. The molecule has 0 spiro atoms. The Morgan fingerprint density at radius 3 is 2.40 bits per heavy atom. The standard InChI is InChI=1S/C38H40ClN3O5/c1-24-19-31-33(43)22-35(47-34(31)20-25(24)2)37(45)40-32(21-26-10-12-29(39)13-11-26)38(46)41-17-14-27(15-18-41)30-8-4-3-7-28(30)23-42-16-6-5-9-36(42)44/h3-4,7-8,10-13,19-20,22,27,32H,5-6,9,14-18,21,23H2,1-2H3,(H,40,45)/t32-/m0/s1. The molecule has 0 bridgehead atoms. The fourth-order valence-electron chi connectivity index (χ4n) is 6.75. The molecule has 3 amide bonds. The van der Waals surface area contributed by atoms with E-state index in [-0.39, 0.29) is 35.3 Å². The van der Waals surface area contributed by atoms with E-state index in [9.17, 15) is 19.2 Å². The Balaban J connectivity index is 1.18. The topological polar surface area (TPSA) is 99.9 Å².